The largest absolute Gasteiger partial charge is 0.455 e. The molecule has 0 fully saturated rings. The first-order valence-electron chi connectivity index (χ1n) is 4.61. The minimum absolute atomic E-state index is 0.0733. The van der Waals surface area contributed by atoms with Crippen molar-refractivity contribution in [1.29, 1.82) is 0 Å². The normalized spacial score (nSPS) is 12.7. The van der Waals surface area contributed by atoms with Crippen LogP contribution in [0.5, 0.6) is 0 Å². The summed E-state index contributed by atoms with van der Waals surface area (Å²) in [4.78, 5) is 21.6. The number of esters is 1. The topological polar surface area (TPSA) is 43.4 Å². The lowest BCUT2D eigenvalue weighted by Crippen LogP contribution is -2.24. The number of Topliss-reactive ketones (excluding diaryl/α,β-unsaturated/α-hetero) is 1. The van der Waals surface area contributed by atoms with E-state index in [-0.39, 0.29) is 11.8 Å². The van der Waals surface area contributed by atoms with E-state index in [0.29, 0.717) is 12.3 Å². The standard InChI is InChI=1S/C10H18O3/c1-7(2)5-6-10(8(3)11)13-9(4)12/h7,10H,5-6H2,1-4H3/t10-/m1/s1. The van der Waals surface area contributed by atoms with E-state index in [4.69, 9.17) is 4.74 Å². The van der Waals surface area contributed by atoms with Crippen molar-refractivity contribution < 1.29 is 14.3 Å². The molecule has 0 aliphatic rings. The average Bonchev–Trinajstić information content (AvgIpc) is 1.96. The molecule has 0 saturated carbocycles. The maximum Gasteiger partial charge on any atom is 0.303 e. The molecule has 0 N–H and O–H groups in total. The molecule has 0 saturated heterocycles. The number of hydrogen-bond donors (Lipinski definition) is 0. The van der Waals surface area contributed by atoms with E-state index in [9.17, 15) is 9.59 Å². The first-order chi connectivity index (χ1) is 5.93. The Labute approximate surface area is 79.5 Å². The second-order valence-corrected chi connectivity index (χ2v) is 3.68. The van der Waals surface area contributed by atoms with Crippen LogP contribution in [0.2, 0.25) is 0 Å². The first-order valence-corrected chi connectivity index (χ1v) is 4.61. The van der Waals surface area contributed by atoms with Gasteiger partial charge >= 0.3 is 5.97 Å². The van der Waals surface area contributed by atoms with Gasteiger partial charge in [0.05, 0.1) is 0 Å². The molecule has 0 bridgehead atoms. The van der Waals surface area contributed by atoms with Crippen LogP contribution in [-0.4, -0.2) is 17.9 Å². The lowest BCUT2D eigenvalue weighted by Gasteiger charge is -2.14. The number of carbonyl (C=O) groups is 2. The fraction of sp³-hybridized carbons (Fsp3) is 0.800. The molecule has 0 rings (SSSR count). The van der Waals surface area contributed by atoms with Gasteiger partial charge in [-0.25, -0.2) is 0 Å². The second-order valence-electron chi connectivity index (χ2n) is 3.68. The Morgan fingerprint density at radius 2 is 1.69 bits per heavy atom. The molecule has 76 valence electrons. The van der Waals surface area contributed by atoms with E-state index >= 15 is 0 Å². The zero-order chi connectivity index (χ0) is 10.4. The van der Waals surface area contributed by atoms with Gasteiger partial charge in [-0.2, -0.15) is 0 Å². The number of ether oxygens (including phenoxy) is 1. The van der Waals surface area contributed by atoms with Crippen molar-refractivity contribution in [3.8, 4) is 0 Å². The average molecular weight is 186 g/mol. The summed E-state index contributed by atoms with van der Waals surface area (Å²) in [5.74, 6) is 0.0669. The molecule has 13 heavy (non-hydrogen) atoms. The SMILES string of the molecule is CC(=O)O[C@H](CCC(C)C)C(C)=O. The van der Waals surface area contributed by atoms with Gasteiger partial charge in [0.1, 0.15) is 0 Å². The van der Waals surface area contributed by atoms with E-state index in [1.165, 1.54) is 13.8 Å². The van der Waals surface area contributed by atoms with Gasteiger partial charge in [-0.05, 0) is 25.7 Å². The Morgan fingerprint density at radius 1 is 1.15 bits per heavy atom. The van der Waals surface area contributed by atoms with E-state index in [2.05, 4.69) is 13.8 Å². The highest BCUT2D eigenvalue weighted by molar-refractivity contribution is 5.82. The summed E-state index contributed by atoms with van der Waals surface area (Å²) in [6, 6.07) is 0. The third-order valence-corrected chi connectivity index (χ3v) is 1.77. The van der Waals surface area contributed by atoms with Gasteiger partial charge in [0.25, 0.3) is 0 Å². The van der Waals surface area contributed by atoms with Crippen molar-refractivity contribution in [1.82, 2.24) is 0 Å². The highest BCUT2D eigenvalue weighted by Gasteiger charge is 2.17. The number of hydrogen-bond acceptors (Lipinski definition) is 3. The molecule has 3 nitrogen and oxygen atoms in total. The maximum atomic E-state index is 11.0. The first kappa shape index (κ1) is 12.1. The van der Waals surface area contributed by atoms with Crippen LogP contribution in [0.1, 0.15) is 40.5 Å². The minimum atomic E-state index is -0.542. The Morgan fingerprint density at radius 3 is 2.00 bits per heavy atom. The van der Waals surface area contributed by atoms with Crippen molar-refractivity contribution in [3.05, 3.63) is 0 Å². The molecule has 3 heteroatoms. The molecule has 0 aliphatic heterocycles. The molecule has 0 heterocycles. The molecule has 0 aromatic heterocycles. The molecule has 0 spiro atoms. The van der Waals surface area contributed by atoms with Crippen LogP contribution in [0.25, 0.3) is 0 Å². The van der Waals surface area contributed by atoms with Gasteiger partial charge in [0.2, 0.25) is 0 Å². The molecular weight excluding hydrogens is 168 g/mol. The highest BCUT2D eigenvalue weighted by Crippen LogP contribution is 2.10. The maximum absolute atomic E-state index is 11.0. The molecule has 0 aromatic rings. The smallest absolute Gasteiger partial charge is 0.303 e. The summed E-state index contributed by atoms with van der Waals surface area (Å²) in [5.41, 5.74) is 0. The van der Waals surface area contributed by atoms with E-state index in [0.717, 1.165) is 6.42 Å². The van der Waals surface area contributed by atoms with Gasteiger partial charge in [-0.1, -0.05) is 13.8 Å². The monoisotopic (exact) mass is 186 g/mol. The van der Waals surface area contributed by atoms with Crippen molar-refractivity contribution in [3.63, 3.8) is 0 Å². The van der Waals surface area contributed by atoms with Crippen LogP contribution in [-0.2, 0) is 14.3 Å². The third kappa shape index (κ3) is 6.31. The van der Waals surface area contributed by atoms with Gasteiger partial charge in [-0.15, -0.1) is 0 Å². The second kappa shape index (κ2) is 5.73. The summed E-state index contributed by atoms with van der Waals surface area (Å²) >= 11 is 0. The van der Waals surface area contributed by atoms with Crippen molar-refractivity contribution in [2.24, 2.45) is 5.92 Å². The van der Waals surface area contributed by atoms with E-state index in [1.54, 1.807) is 0 Å². The number of carbonyl (C=O) groups excluding carboxylic acids is 2. The fourth-order valence-corrected chi connectivity index (χ4v) is 1.03. The molecular formula is C10H18O3. The molecule has 1 atom stereocenters. The predicted octanol–water partition coefficient (Wildman–Crippen LogP) is 1.94. The van der Waals surface area contributed by atoms with Crippen LogP contribution in [0.4, 0.5) is 0 Å². The summed E-state index contributed by atoms with van der Waals surface area (Å²) in [7, 11) is 0. The quantitative estimate of drug-likeness (QED) is 0.616. The van der Waals surface area contributed by atoms with Crippen LogP contribution in [0.15, 0.2) is 0 Å². The van der Waals surface area contributed by atoms with Gasteiger partial charge in [0, 0.05) is 6.92 Å². The predicted molar refractivity (Wildman–Crippen MR) is 50.3 cm³/mol. The van der Waals surface area contributed by atoms with Crippen molar-refractivity contribution in [2.45, 2.75) is 46.6 Å². The molecule has 0 radical (unpaired) electrons. The summed E-state index contributed by atoms with van der Waals surface area (Å²) in [6.07, 6.45) is 0.990. The fourth-order valence-electron chi connectivity index (χ4n) is 1.03. The molecule has 0 aliphatic carbocycles. The lowest BCUT2D eigenvalue weighted by molar-refractivity contribution is -0.152. The van der Waals surface area contributed by atoms with E-state index < -0.39 is 6.10 Å². The van der Waals surface area contributed by atoms with Crippen LogP contribution in [0, 0.1) is 5.92 Å². The van der Waals surface area contributed by atoms with E-state index in [1.807, 2.05) is 0 Å². The van der Waals surface area contributed by atoms with Gasteiger partial charge in [-0.3, -0.25) is 9.59 Å². The Hall–Kier alpha value is -0.860. The summed E-state index contributed by atoms with van der Waals surface area (Å²) < 4.78 is 4.87. The van der Waals surface area contributed by atoms with Crippen LogP contribution < -0.4 is 0 Å². The van der Waals surface area contributed by atoms with Crippen LogP contribution in [0.3, 0.4) is 0 Å². The summed E-state index contributed by atoms with van der Waals surface area (Å²) in [5, 5.41) is 0. The minimum Gasteiger partial charge on any atom is -0.455 e. The highest BCUT2D eigenvalue weighted by atomic mass is 16.5. The summed E-state index contributed by atoms with van der Waals surface area (Å²) in [6.45, 7) is 6.93. The van der Waals surface area contributed by atoms with Crippen molar-refractivity contribution in [2.75, 3.05) is 0 Å². The zero-order valence-corrected chi connectivity index (χ0v) is 8.79. The Kier molecular flexibility index (Phi) is 5.35. The number of rotatable bonds is 5. The third-order valence-electron chi connectivity index (χ3n) is 1.77. The number of ketones is 1. The Bertz CT molecular complexity index is 185. The van der Waals surface area contributed by atoms with Crippen molar-refractivity contribution >= 4 is 11.8 Å². The lowest BCUT2D eigenvalue weighted by atomic mass is 10.0. The molecule has 0 amide bonds. The van der Waals surface area contributed by atoms with Gasteiger partial charge in [0.15, 0.2) is 11.9 Å². The molecule has 0 unspecified atom stereocenters. The molecule has 0 aromatic carbocycles. The van der Waals surface area contributed by atoms with Crippen LogP contribution >= 0.6 is 0 Å². The Balaban J connectivity index is 3.95. The zero-order valence-electron chi connectivity index (χ0n) is 8.79. The van der Waals surface area contributed by atoms with Gasteiger partial charge < -0.3 is 4.74 Å².